The Morgan fingerprint density at radius 3 is 2.48 bits per heavy atom. The van der Waals surface area contributed by atoms with Crippen LogP contribution in [-0.2, 0) is 12.8 Å². The zero-order valence-electron chi connectivity index (χ0n) is 13.7. The van der Waals surface area contributed by atoms with E-state index in [4.69, 9.17) is 0 Å². The first-order valence-corrected chi connectivity index (χ1v) is 8.83. The van der Waals surface area contributed by atoms with E-state index in [1.807, 2.05) is 11.3 Å². The van der Waals surface area contributed by atoms with Gasteiger partial charge in [0.1, 0.15) is 0 Å². The van der Waals surface area contributed by atoms with Crippen molar-refractivity contribution in [1.82, 2.24) is 5.32 Å². The zero-order chi connectivity index (χ0) is 15.2. The lowest BCUT2D eigenvalue weighted by Gasteiger charge is -2.21. The summed E-state index contributed by atoms with van der Waals surface area (Å²) in [5, 5.41) is 3.74. The van der Waals surface area contributed by atoms with Crippen molar-refractivity contribution in [2.24, 2.45) is 0 Å². The van der Waals surface area contributed by atoms with Gasteiger partial charge in [-0.1, -0.05) is 37.6 Å². The van der Waals surface area contributed by atoms with E-state index in [1.165, 1.54) is 32.9 Å². The van der Waals surface area contributed by atoms with Gasteiger partial charge in [0.2, 0.25) is 0 Å². The quantitative estimate of drug-likeness (QED) is 0.740. The van der Waals surface area contributed by atoms with Gasteiger partial charge < -0.3 is 5.32 Å². The number of benzene rings is 1. The van der Waals surface area contributed by atoms with Gasteiger partial charge in [0.25, 0.3) is 0 Å². The van der Waals surface area contributed by atoms with Crippen LogP contribution in [-0.4, -0.2) is 6.54 Å². The van der Waals surface area contributed by atoms with Gasteiger partial charge in [-0.15, -0.1) is 11.3 Å². The van der Waals surface area contributed by atoms with Crippen LogP contribution < -0.4 is 5.32 Å². The predicted molar refractivity (Wildman–Crippen MR) is 94.4 cm³/mol. The second-order valence-electron chi connectivity index (χ2n) is 5.79. The highest BCUT2D eigenvalue weighted by atomic mass is 32.1. The first-order chi connectivity index (χ1) is 10.1. The highest BCUT2D eigenvalue weighted by molar-refractivity contribution is 7.11. The van der Waals surface area contributed by atoms with Crippen molar-refractivity contribution in [3.63, 3.8) is 0 Å². The molecular weight excluding hydrogens is 274 g/mol. The SMILES string of the molecule is CCCNC(Cc1ccc(CC)s1)c1cc(C)ccc1C. The summed E-state index contributed by atoms with van der Waals surface area (Å²) in [6, 6.07) is 11.8. The number of aryl methyl sites for hydroxylation is 3. The molecule has 0 bridgehead atoms. The Balaban J connectivity index is 2.22. The van der Waals surface area contributed by atoms with Crippen LogP contribution in [0.3, 0.4) is 0 Å². The normalized spacial score (nSPS) is 12.6. The average Bonchev–Trinajstić information content (AvgIpc) is 2.94. The number of hydrogen-bond acceptors (Lipinski definition) is 2. The standard InChI is InChI=1S/C19H27NS/c1-5-11-20-19(13-17-10-9-16(6-2)21-17)18-12-14(3)7-8-15(18)4/h7-10,12,19-20H,5-6,11,13H2,1-4H3. The monoisotopic (exact) mass is 301 g/mol. The van der Waals surface area contributed by atoms with Crippen LogP contribution in [0.15, 0.2) is 30.3 Å². The Kier molecular flexibility index (Phi) is 6.01. The number of hydrogen-bond donors (Lipinski definition) is 1. The van der Waals surface area contributed by atoms with Crippen LogP contribution in [0.25, 0.3) is 0 Å². The van der Waals surface area contributed by atoms with E-state index in [-0.39, 0.29) is 0 Å². The lowest BCUT2D eigenvalue weighted by atomic mass is 9.96. The third-order valence-corrected chi connectivity index (χ3v) is 5.17. The first kappa shape index (κ1) is 16.3. The molecule has 1 N–H and O–H groups in total. The third kappa shape index (κ3) is 4.42. The molecular formula is C19H27NS. The van der Waals surface area contributed by atoms with Crippen LogP contribution in [0.2, 0.25) is 0 Å². The molecule has 21 heavy (non-hydrogen) atoms. The summed E-state index contributed by atoms with van der Waals surface area (Å²) in [5.74, 6) is 0. The zero-order valence-corrected chi connectivity index (χ0v) is 14.5. The van der Waals surface area contributed by atoms with Crippen LogP contribution in [0, 0.1) is 13.8 Å². The van der Waals surface area contributed by atoms with Crippen molar-refractivity contribution >= 4 is 11.3 Å². The smallest absolute Gasteiger partial charge is 0.0371 e. The molecule has 1 heterocycles. The number of rotatable bonds is 7. The van der Waals surface area contributed by atoms with Gasteiger partial charge in [-0.3, -0.25) is 0 Å². The van der Waals surface area contributed by atoms with E-state index in [9.17, 15) is 0 Å². The maximum Gasteiger partial charge on any atom is 0.0371 e. The van der Waals surface area contributed by atoms with E-state index in [2.05, 4.69) is 63.3 Å². The molecule has 2 heteroatoms. The molecule has 114 valence electrons. The van der Waals surface area contributed by atoms with Gasteiger partial charge in [-0.2, -0.15) is 0 Å². The maximum atomic E-state index is 3.74. The summed E-state index contributed by atoms with van der Waals surface area (Å²) in [6.07, 6.45) is 3.40. The van der Waals surface area contributed by atoms with Crippen molar-refractivity contribution in [3.8, 4) is 0 Å². The second-order valence-corrected chi connectivity index (χ2v) is 7.05. The van der Waals surface area contributed by atoms with Gasteiger partial charge in [0, 0.05) is 22.2 Å². The van der Waals surface area contributed by atoms with Crippen LogP contribution in [0.5, 0.6) is 0 Å². The molecule has 0 radical (unpaired) electrons. The van der Waals surface area contributed by atoms with E-state index in [0.29, 0.717) is 6.04 Å². The molecule has 2 aromatic rings. The van der Waals surface area contributed by atoms with E-state index < -0.39 is 0 Å². The fraction of sp³-hybridized carbons (Fsp3) is 0.474. The molecule has 1 atom stereocenters. The molecule has 1 nitrogen and oxygen atoms in total. The van der Waals surface area contributed by atoms with Gasteiger partial charge in [0.05, 0.1) is 0 Å². The van der Waals surface area contributed by atoms with Gasteiger partial charge >= 0.3 is 0 Å². The van der Waals surface area contributed by atoms with Gasteiger partial charge in [0.15, 0.2) is 0 Å². The minimum absolute atomic E-state index is 0.424. The minimum Gasteiger partial charge on any atom is -0.310 e. The van der Waals surface area contributed by atoms with E-state index >= 15 is 0 Å². The Hall–Kier alpha value is -1.12. The summed E-state index contributed by atoms with van der Waals surface area (Å²) < 4.78 is 0. The fourth-order valence-corrected chi connectivity index (χ4v) is 3.67. The molecule has 0 fully saturated rings. The molecule has 0 saturated carbocycles. The molecule has 0 aliphatic carbocycles. The Morgan fingerprint density at radius 2 is 1.81 bits per heavy atom. The largest absolute Gasteiger partial charge is 0.310 e. The summed E-state index contributed by atoms with van der Waals surface area (Å²) in [6.45, 7) is 9.94. The van der Waals surface area contributed by atoms with E-state index in [1.54, 1.807) is 0 Å². The van der Waals surface area contributed by atoms with Crippen molar-refractivity contribution < 1.29 is 0 Å². The number of nitrogens with one attached hydrogen (secondary N) is 1. The average molecular weight is 301 g/mol. The van der Waals surface area contributed by atoms with Crippen LogP contribution in [0.4, 0.5) is 0 Å². The Labute approximate surface area is 133 Å². The molecule has 0 spiro atoms. The van der Waals surface area contributed by atoms with Crippen LogP contribution >= 0.6 is 11.3 Å². The van der Waals surface area contributed by atoms with Crippen molar-refractivity contribution in [1.29, 1.82) is 0 Å². The predicted octanol–water partition coefficient (Wildman–Crippen LogP) is 5.21. The molecule has 0 aliphatic heterocycles. The molecule has 0 amide bonds. The number of thiophene rings is 1. The Bertz CT molecular complexity index is 571. The lowest BCUT2D eigenvalue weighted by Crippen LogP contribution is -2.24. The van der Waals surface area contributed by atoms with Crippen molar-refractivity contribution in [3.05, 3.63) is 56.8 Å². The molecule has 2 rings (SSSR count). The first-order valence-electron chi connectivity index (χ1n) is 8.02. The third-order valence-electron chi connectivity index (χ3n) is 3.92. The molecule has 1 aromatic heterocycles. The fourth-order valence-electron chi connectivity index (χ4n) is 2.67. The molecule has 1 aromatic carbocycles. The second kappa shape index (κ2) is 7.77. The topological polar surface area (TPSA) is 12.0 Å². The summed E-state index contributed by atoms with van der Waals surface area (Å²) >= 11 is 1.96. The van der Waals surface area contributed by atoms with Crippen molar-refractivity contribution in [2.45, 2.75) is 53.0 Å². The summed E-state index contributed by atoms with van der Waals surface area (Å²) in [7, 11) is 0. The highest BCUT2D eigenvalue weighted by Gasteiger charge is 2.15. The Morgan fingerprint density at radius 1 is 1.05 bits per heavy atom. The maximum absolute atomic E-state index is 3.74. The minimum atomic E-state index is 0.424. The van der Waals surface area contributed by atoms with Gasteiger partial charge in [-0.25, -0.2) is 0 Å². The van der Waals surface area contributed by atoms with Crippen LogP contribution in [0.1, 0.15) is 52.8 Å². The molecule has 1 unspecified atom stereocenters. The summed E-state index contributed by atoms with van der Waals surface area (Å²) in [4.78, 5) is 2.97. The van der Waals surface area contributed by atoms with Gasteiger partial charge in [-0.05, 0) is 56.5 Å². The molecule has 0 saturated heterocycles. The van der Waals surface area contributed by atoms with E-state index in [0.717, 1.165) is 19.4 Å². The molecule has 0 aliphatic rings. The lowest BCUT2D eigenvalue weighted by molar-refractivity contribution is 0.530. The van der Waals surface area contributed by atoms with Crippen molar-refractivity contribution in [2.75, 3.05) is 6.54 Å². The summed E-state index contributed by atoms with van der Waals surface area (Å²) in [5.41, 5.74) is 4.19. The highest BCUT2D eigenvalue weighted by Crippen LogP contribution is 2.26.